The number of aromatic nitrogens is 1. The Bertz CT molecular complexity index is 721. The van der Waals surface area contributed by atoms with Gasteiger partial charge in [-0.2, -0.15) is 0 Å². The number of Topliss-reactive ketones (excluding diaryl/α,β-unsaturated/α-hetero) is 1. The van der Waals surface area contributed by atoms with Crippen LogP contribution in [-0.2, 0) is 11.2 Å². The number of nitrogens with one attached hydrogen (secondary N) is 1. The molecule has 0 aromatic carbocycles. The van der Waals surface area contributed by atoms with Crippen molar-refractivity contribution in [2.24, 2.45) is 5.92 Å². The minimum absolute atomic E-state index is 0.0307. The molecule has 1 N–H and O–H groups in total. The molecular weight excluding hydrogens is 316 g/mol. The third-order valence-electron chi connectivity index (χ3n) is 3.83. The molecule has 2 aromatic heterocycles. The molecule has 23 heavy (non-hydrogen) atoms. The van der Waals surface area contributed by atoms with Gasteiger partial charge in [-0.15, -0.1) is 11.3 Å². The van der Waals surface area contributed by atoms with Gasteiger partial charge in [0, 0.05) is 18.4 Å². The fraction of sp³-hybridized carbons (Fsp3) is 0.438. The summed E-state index contributed by atoms with van der Waals surface area (Å²) in [5.74, 6) is 0.749. The summed E-state index contributed by atoms with van der Waals surface area (Å²) in [6.45, 7) is 4.43. The molecule has 0 saturated carbocycles. The second-order valence-corrected chi connectivity index (χ2v) is 6.82. The Morgan fingerprint density at radius 1 is 1.35 bits per heavy atom. The largest absolute Gasteiger partial charge is 0.379 e. The number of aryl methyl sites for hydroxylation is 1. The van der Waals surface area contributed by atoms with Gasteiger partial charge in [0.1, 0.15) is 5.76 Å². The number of carbonyl (C=O) groups is 2. The van der Waals surface area contributed by atoms with Gasteiger partial charge in [-0.3, -0.25) is 9.59 Å². The summed E-state index contributed by atoms with van der Waals surface area (Å²) >= 11 is 1.21. The number of rotatable bonds is 5. The lowest BCUT2D eigenvalue weighted by atomic mass is 9.98. The highest BCUT2D eigenvalue weighted by Gasteiger charge is 2.31. The molecule has 1 aliphatic rings. The summed E-state index contributed by atoms with van der Waals surface area (Å²) < 4.78 is 10.7. The van der Waals surface area contributed by atoms with Gasteiger partial charge in [-0.1, -0.05) is 5.16 Å². The van der Waals surface area contributed by atoms with E-state index in [1.807, 2.05) is 13.0 Å². The van der Waals surface area contributed by atoms with Crippen LogP contribution in [0.4, 0.5) is 0 Å². The van der Waals surface area contributed by atoms with Crippen LogP contribution in [0.2, 0.25) is 0 Å². The molecule has 6 nitrogen and oxygen atoms in total. The smallest absolute Gasteiger partial charge is 0.261 e. The van der Waals surface area contributed by atoms with E-state index < -0.39 is 0 Å². The number of ketones is 1. The summed E-state index contributed by atoms with van der Waals surface area (Å²) in [4.78, 5) is 24.8. The Morgan fingerprint density at radius 3 is 2.78 bits per heavy atom. The van der Waals surface area contributed by atoms with Crippen LogP contribution < -0.4 is 5.32 Å². The van der Waals surface area contributed by atoms with E-state index in [1.165, 1.54) is 18.3 Å². The van der Waals surface area contributed by atoms with E-state index in [1.54, 1.807) is 12.1 Å². The highest BCUT2D eigenvalue weighted by molar-refractivity contribution is 7.15. The number of carbonyl (C=O) groups excluding carboxylic acids is 2. The summed E-state index contributed by atoms with van der Waals surface area (Å²) in [6, 6.07) is 5.19. The highest BCUT2D eigenvalue weighted by atomic mass is 32.1. The summed E-state index contributed by atoms with van der Waals surface area (Å²) in [6.07, 6.45) is 0.676. The van der Waals surface area contributed by atoms with Crippen LogP contribution in [0.3, 0.4) is 0 Å². The van der Waals surface area contributed by atoms with E-state index in [4.69, 9.17) is 9.26 Å². The van der Waals surface area contributed by atoms with Crippen molar-refractivity contribution in [1.82, 2.24) is 10.5 Å². The van der Waals surface area contributed by atoms with Crippen molar-refractivity contribution in [2.45, 2.75) is 26.3 Å². The number of hydrogen-bond acceptors (Lipinski definition) is 6. The average molecular weight is 334 g/mol. The first-order valence-corrected chi connectivity index (χ1v) is 8.26. The quantitative estimate of drug-likeness (QED) is 0.848. The zero-order valence-electron chi connectivity index (χ0n) is 13.0. The molecule has 1 amide bonds. The minimum atomic E-state index is -0.170. The molecule has 1 aliphatic heterocycles. The van der Waals surface area contributed by atoms with E-state index in [2.05, 4.69) is 10.5 Å². The lowest BCUT2D eigenvalue weighted by Crippen LogP contribution is -2.40. The maximum atomic E-state index is 12.3. The molecule has 3 rings (SSSR count). The first-order valence-electron chi connectivity index (χ1n) is 7.44. The topological polar surface area (TPSA) is 81.4 Å². The molecule has 0 unspecified atom stereocenters. The van der Waals surface area contributed by atoms with Crippen LogP contribution in [0.1, 0.15) is 37.7 Å². The lowest BCUT2D eigenvalue weighted by Gasteiger charge is -2.17. The maximum Gasteiger partial charge on any atom is 0.261 e. The molecule has 1 saturated heterocycles. The third-order valence-corrected chi connectivity index (χ3v) is 5.02. The van der Waals surface area contributed by atoms with Gasteiger partial charge in [0.2, 0.25) is 0 Å². The van der Waals surface area contributed by atoms with Gasteiger partial charge in [0.15, 0.2) is 5.78 Å². The van der Waals surface area contributed by atoms with Crippen LogP contribution in [0.25, 0.3) is 0 Å². The SMILES string of the molecule is CC(=O)c1ccc(C(=O)N[C@H]2COC[C@H]2Cc2cc(C)no2)s1. The highest BCUT2D eigenvalue weighted by Crippen LogP contribution is 2.22. The van der Waals surface area contributed by atoms with E-state index in [0.29, 0.717) is 29.4 Å². The molecular formula is C16H18N2O4S. The number of ether oxygens (including phenoxy) is 1. The van der Waals surface area contributed by atoms with E-state index in [0.717, 1.165) is 11.5 Å². The van der Waals surface area contributed by atoms with Crippen molar-refractivity contribution in [3.63, 3.8) is 0 Å². The Morgan fingerprint density at radius 2 is 2.13 bits per heavy atom. The Labute approximate surface area is 137 Å². The van der Waals surface area contributed by atoms with Crippen molar-refractivity contribution < 1.29 is 18.8 Å². The molecule has 7 heteroatoms. The lowest BCUT2D eigenvalue weighted by molar-refractivity contribution is 0.0928. The van der Waals surface area contributed by atoms with Crippen LogP contribution in [-0.4, -0.2) is 36.1 Å². The first kappa shape index (κ1) is 15.9. The average Bonchev–Trinajstić information content (AvgIpc) is 3.21. The molecule has 2 atom stereocenters. The normalized spacial score (nSPS) is 20.6. The van der Waals surface area contributed by atoms with Crippen molar-refractivity contribution in [1.29, 1.82) is 0 Å². The number of thiophene rings is 1. The van der Waals surface area contributed by atoms with Gasteiger partial charge < -0.3 is 14.6 Å². The standard InChI is InChI=1S/C16H18N2O4S/c1-9-5-12(22-18-9)6-11-7-21-8-13(11)17-16(20)15-4-3-14(23-15)10(2)19/h3-5,11,13H,6-8H2,1-2H3,(H,17,20)/t11-,13+/m1/s1. The van der Waals surface area contributed by atoms with E-state index in [-0.39, 0.29) is 23.7 Å². The van der Waals surface area contributed by atoms with Gasteiger partial charge in [-0.05, 0) is 26.0 Å². The summed E-state index contributed by atoms with van der Waals surface area (Å²) in [7, 11) is 0. The fourth-order valence-corrected chi connectivity index (χ4v) is 3.42. The predicted octanol–water partition coefficient (Wildman–Crippen LogP) is 2.23. The van der Waals surface area contributed by atoms with Crippen molar-refractivity contribution in [3.05, 3.63) is 39.4 Å². The number of hydrogen-bond donors (Lipinski definition) is 1. The van der Waals surface area contributed by atoms with Gasteiger partial charge in [0.05, 0.1) is 34.7 Å². The predicted molar refractivity (Wildman–Crippen MR) is 84.8 cm³/mol. The zero-order chi connectivity index (χ0) is 16.4. The second-order valence-electron chi connectivity index (χ2n) is 5.74. The maximum absolute atomic E-state index is 12.3. The number of amides is 1. The first-order chi connectivity index (χ1) is 11.0. The van der Waals surface area contributed by atoms with Crippen LogP contribution in [0.15, 0.2) is 22.7 Å². The second kappa shape index (κ2) is 6.64. The molecule has 0 bridgehead atoms. The Kier molecular flexibility index (Phi) is 4.58. The Hall–Kier alpha value is -1.99. The van der Waals surface area contributed by atoms with Crippen LogP contribution in [0.5, 0.6) is 0 Å². The van der Waals surface area contributed by atoms with Crippen molar-refractivity contribution in [2.75, 3.05) is 13.2 Å². The molecule has 0 aliphatic carbocycles. The van der Waals surface area contributed by atoms with Crippen molar-refractivity contribution >= 4 is 23.0 Å². The monoisotopic (exact) mass is 334 g/mol. The summed E-state index contributed by atoms with van der Waals surface area (Å²) in [5.41, 5.74) is 0.842. The van der Waals surface area contributed by atoms with E-state index >= 15 is 0 Å². The fourth-order valence-electron chi connectivity index (χ4n) is 2.62. The molecule has 0 spiro atoms. The minimum Gasteiger partial charge on any atom is -0.379 e. The zero-order valence-corrected chi connectivity index (χ0v) is 13.8. The third kappa shape index (κ3) is 3.68. The number of nitrogens with zero attached hydrogens (tertiary/aromatic N) is 1. The Balaban J connectivity index is 1.63. The van der Waals surface area contributed by atoms with Gasteiger partial charge >= 0.3 is 0 Å². The van der Waals surface area contributed by atoms with Crippen LogP contribution in [0, 0.1) is 12.8 Å². The molecule has 3 heterocycles. The molecule has 2 aromatic rings. The van der Waals surface area contributed by atoms with Gasteiger partial charge in [-0.25, -0.2) is 0 Å². The van der Waals surface area contributed by atoms with Crippen LogP contribution >= 0.6 is 11.3 Å². The van der Waals surface area contributed by atoms with Crippen molar-refractivity contribution in [3.8, 4) is 0 Å². The molecule has 1 fully saturated rings. The molecule has 0 radical (unpaired) electrons. The molecule has 122 valence electrons. The van der Waals surface area contributed by atoms with E-state index in [9.17, 15) is 9.59 Å². The van der Waals surface area contributed by atoms with Gasteiger partial charge in [0.25, 0.3) is 5.91 Å². The summed E-state index contributed by atoms with van der Waals surface area (Å²) in [5, 5.41) is 6.88.